The van der Waals surface area contributed by atoms with Gasteiger partial charge in [0.2, 0.25) is 0 Å². The van der Waals surface area contributed by atoms with Gasteiger partial charge < -0.3 is 14.6 Å². The lowest BCUT2D eigenvalue weighted by atomic mass is 9.77. The Morgan fingerprint density at radius 1 is 0.939 bits per heavy atom. The van der Waals surface area contributed by atoms with Crippen molar-refractivity contribution in [2.75, 3.05) is 13.2 Å². The Kier molecular flexibility index (Phi) is 9.07. The third-order valence-electron chi connectivity index (χ3n) is 6.94. The fourth-order valence-electron chi connectivity index (χ4n) is 4.97. The van der Waals surface area contributed by atoms with Crippen LogP contribution in [0.4, 0.5) is 13.2 Å². The van der Waals surface area contributed by atoms with Gasteiger partial charge in [0, 0.05) is 6.08 Å². The summed E-state index contributed by atoms with van der Waals surface area (Å²) in [5.74, 6) is -1.78. The predicted octanol–water partition coefficient (Wildman–Crippen LogP) is 7.19. The van der Waals surface area contributed by atoms with Gasteiger partial charge in [-0.1, -0.05) is 25.3 Å². The van der Waals surface area contributed by atoms with E-state index < -0.39 is 17.5 Å². The van der Waals surface area contributed by atoms with Gasteiger partial charge in [-0.2, -0.15) is 0 Å². The molecule has 182 valence electrons. The van der Waals surface area contributed by atoms with Crippen LogP contribution in [0.3, 0.4) is 0 Å². The highest BCUT2D eigenvalue weighted by Crippen LogP contribution is 2.40. The summed E-state index contributed by atoms with van der Waals surface area (Å²) in [4.78, 5) is 0. The van der Waals surface area contributed by atoms with E-state index in [1.807, 2.05) is 0 Å². The maximum atomic E-state index is 15.0. The van der Waals surface area contributed by atoms with Crippen LogP contribution in [-0.2, 0) is 9.47 Å². The minimum atomic E-state index is -0.730. The highest BCUT2D eigenvalue weighted by Gasteiger charge is 2.29. The van der Waals surface area contributed by atoms with Crippen molar-refractivity contribution in [1.29, 1.82) is 0 Å². The Morgan fingerprint density at radius 3 is 1.97 bits per heavy atom. The fourth-order valence-corrected chi connectivity index (χ4v) is 4.97. The molecular formula is C27H35F3O3. The van der Waals surface area contributed by atoms with E-state index in [0.717, 1.165) is 31.8 Å². The molecule has 0 aromatic heterocycles. The molecule has 0 radical (unpaired) electrons. The molecule has 0 amide bonds. The van der Waals surface area contributed by atoms with Crippen molar-refractivity contribution in [3.8, 4) is 0 Å². The number of aliphatic hydroxyl groups excluding tert-OH is 1. The standard InChI is InChI=1S/C27H35F3O3/c1-4-32-17(2)15-25(28)18(3)33-16-19-5-7-20(8-6-19)23-13-14-24(27(30)26(23)29)21-9-11-22(31)12-10-21/h13-15,19-22,31H,2-12,16H2,1H3/b25-15+. The van der Waals surface area contributed by atoms with Crippen molar-refractivity contribution in [2.45, 2.75) is 76.2 Å². The summed E-state index contributed by atoms with van der Waals surface area (Å²) >= 11 is 0. The molecule has 1 N–H and O–H groups in total. The topological polar surface area (TPSA) is 38.7 Å². The quantitative estimate of drug-likeness (QED) is 0.310. The Balaban J connectivity index is 1.52. The monoisotopic (exact) mass is 464 g/mol. The summed E-state index contributed by atoms with van der Waals surface area (Å²) in [7, 11) is 0. The van der Waals surface area contributed by atoms with Crippen LogP contribution in [0.25, 0.3) is 0 Å². The maximum Gasteiger partial charge on any atom is 0.168 e. The third kappa shape index (κ3) is 6.66. The molecule has 0 bridgehead atoms. The van der Waals surface area contributed by atoms with E-state index in [0.29, 0.717) is 50.0 Å². The third-order valence-corrected chi connectivity index (χ3v) is 6.94. The average molecular weight is 465 g/mol. The Labute approximate surface area is 195 Å². The second-order valence-corrected chi connectivity index (χ2v) is 9.22. The van der Waals surface area contributed by atoms with Gasteiger partial charge in [-0.15, -0.1) is 0 Å². The van der Waals surface area contributed by atoms with E-state index in [-0.39, 0.29) is 35.4 Å². The first kappa shape index (κ1) is 25.4. The van der Waals surface area contributed by atoms with E-state index in [1.54, 1.807) is 19.1 Å². The van der Waals surface area contributed by atoms with Crippen molar-refractivity contribution in [3.05, 3.63) is 71.5 Å². The van der Waals surface area contributed by atoms with Crippen LogP contribution >= 0.6 is 0 Å². The Hall–Kier alpha value is -2.21. The van der Waals surface area contributed by atoms with Crippen molar-refractivity contribution in [2.24, 2.45) is 5.92 Å². The van der Waals surface area contributed by atoms with Gasteiger partial charge in [0.15, 0.2) is 17.5 Å². The first-order chi connectivity index (χ1) is 15.8. The largest absolute Gasteiger partial charge is 0.494 e. The fraction of sp³-hybridized carbons (Fsp3) is 0.556. The number of aliphatic hydroxyl groups is 1. The van der Waals surface area contributed by atoms with E-state index >= 15 is 0 Å². The van der Waals surface area contributed by atoms with Gasteiger partial charge in [-0.3, -0.25) is 0 Å². The number of ether oxygens (including phenoxy) is 2. The summed E-state index contributed by atoms with van der Waals surface area (Å²) in [6.45, 7) is 9.74. The van der Waals surface area contributed by atoms with Gasteiger partial charge in [0.25, 0.3) is 0 Å². The van der Waals surface area contributed by atoms with Crippen LogP contribution in [0.15, 0.2) is 48.7 Å². The zero-order valence-corrected chi connectivity index (χ0v) is 19.4. The molecule has 3 rings (SSSR count). The number of rotatable bonds is 9. The first-order valence-electron chi connectivity index (χ1n) is 12.0. The summed E-state index contributed by atoms with van der Waals surface area (Å²) in [5.41, 5.74) is 0.880. The van der Waals surface area contributed by atoms with Crippen LogP contribution < -0.4 is 0 Å². The number of allylic oxidation sites excluding steroid dienone is 2. The second kappa shape index (κ2) is 11.8. The van der Waals surface area contributed by atoms with E-state index in [9.17, 15) is 18.3 Å². The lowest BCUT2D eigenvalue weighted by Crippen LogP contribution is -2.20. The Bertz CT molecular complexity index is 864. The van der Waals surface area contributed by atoms with Crippen molar-refractivity contribution < 1.29 is 27.8 Å². The van der Waals surface area contributed by atoms with Crippen molar-refractivity contribution in [1.82, 2.24) is 0 Å². The zero-order chi connectivity index (χ0) is 24.0. The molecule has 0 aliphatic heterocycles. The second-order valence-electron chi connectivity index (χ2n) is 9.22. The first-order valence-corrected chi connectivity index (χ1v) is 12.0. The molecule has 0 spiro atoms. The zero-order valence-electron chi connectivity index (χ0n) is 19.4. The summed E-state index contributed by atoms with van der Waals surface area (Å²) in [6.07, 6.45) is 6.49. The highest BCUT2D eigenvalue weighted by molar-refractivity contribution is 5.32. The molecule has 1 aromatic rings. The molecule has 2 fully saturated rings. The van der Waals surface area contributed by atoms with Gasteiger partial charge in [0.1, 0.15) is 11.5 Å². The lowest BCUT2D eigenvalue weighted by Gasteiger charge is -2.30. The van der Waals surface area contributed by atoms with Gasteiger partial charge in [-0.25, -0.2) is 13.2 Å². The normalized spacial score (nSPS) is 26.0. The SMILES string of the molecule is C=C(/C=C(/F)C(=C)OCC1CCC(c2ccc(C3CCC(O)CC3)c(F)c2F)CC1)OCC. The van der Waals surface area contributed by atoms with Crippen LogP contribution in [0.5, 0.6) is 0 Å². The molecule has 0 atom stereocenters. The van der Waals surface area contributed by atoms with Crippen LogP contribution in [0, 0.1) is 17.6 Å². The van der Waals surface area contributed by atoms with Crippen LogP contribution in [0.1, 0.15) is 81.3 Å². The van der Waals surface area contributed by atoms with Crippen molar-refractivity contribution >= 4 is 0 Å². The van der Waals surface area contributed by atoms with E-state index in [2.05, 4.69) is 13.2 Å². The lowest BCUT2D eigenvalue weighted by molar-refractivity contribution is 0.122. The number of hydrogen-bond acceptors (Lipinski definition) is 3. The van der Waals surface area contributed by atoms with Gasteiger partial charge in [-0.05, 0) is 87.2 Å². The van der Waals surface area contributed by atoms with E-state index in [4.69, 9.17) is 9.47 Å². The number of benzene rings is 1. The molecule has 0 saturated heterocycles. The average Bonchev–Trinajstić information content (AvgIpc) is 2.80. The number of hydrogen-bond donors (Lipinski definition) is 1. The molecule has 33 heavy (non-hydrogen) atoms. The minimum Gasteiger partial charge on any atom is -0.494 e. The highest BCUT2D eigenvalue weighted by atomic mass is 19.2. The molecule has 3 nitrogen and oxygen atoms in total. The molecule has 2 aliphatic carbocycles. The minimum absolute atomic E-state index is 0.0296. The molecule has 0 unspecified atom stereocenters. The molecular weight excluding hydrogens is 429 g/mol. The van der Waals surface area contributed by atoms with Crippen LogP contribution in [-0.4, -0.2) is 24.4 Å². The van der Waals surface area contributed by atoms with E-state index in [1.165, 1.54) is 0 Å². The molecule has 6 heteroatoms. The van der Waals surface area contributed by atoms with Gasteiger partial charge >= 0.3 is 0 Å². The maximum absolute atomic E-state index is 15.0. The molecule has 0 heterocycles. The van der Waals surface area contributed by atoms with Crippen LogP contribution in [0.2, 0.25) is 0 Å². The Morgan fingerprint density at radius 2 is 1.45 bits per heavy atom. The summed E-state index contributed by atoms with van der Waals surface area (Å²) in [6, 6.07) is 3.48. The molecule has 2 saturated carbocycles. The smallest absolute Gasteiger partial charge is 0.168 e. The van der Waals surface area contributed by atoms with Crippen molar-refractivity contribution in [3.63, 3.8) is 0 Å². The summed E-state index contributed by atoms with van der Waals surface area (Å²) < 4.78 is 54.5. The summed E-state index contributed by atoms with van der Waals surface area (Å²) in [5, 5.41) is 9.67. The van der Waals surface area contributed by atoms with Gasteiger partial charge in [0.05, 0.1) is 19.3 Å². The number of halogens is 3. The molecule has 1 aromatic carbocycles. The molecule has 2 aliphatic rings. The predicted molar refractivity (Wildman–Crippen MR) is 123 cm³/mol.